The standard InChI is InChI=1S/C18H17N5O/c1-13-4-2-6-15(10-13)22-17(24)16-7-9-20-18(23-16)21-12-14-5-3-8-19-11-14/h2-11H,12H2,1H3,(H,22,24)(H,20,21,23). The Labute approximate surface area is 140 Å². The van der Waals surface area contributed by atoms with Crippen LogP contribution in [0.5, 0.6) is 0 Å². The van der Waals surface area contributed by atoms with Crippen molar-refractivity contribution in [3.63, 3.8) is 0 Å². The summed E-state index contributed by atoms with van der Waals surface area (Å²) in [6.07, 6.45) is 5.04. The number of carbonyl (C=O) groups is 1. The highest BCUT2D eigenvalue weighted by molar-refractivity contribution is 6.02. The summed E-state index contributed by atoms with van der Waals surface area (Å²) in [6.45, 7) is 2.51. The van der Waals surface area contributed by atoms with E-state index in [0.29, 0.717) is 18.2 Å². The van der Waals surface area contributed by atoms with Crippen molar-refractivity contribution in [1.82, 2.24) is 15.0 Å². The van der Waals surface area contributed by atoms with Crippen molar-refractivity contribution >= 4 is 17.5 Å². The summed E-state index contributed by atoms with van der Waals surface area (Å²) in [7, 11) is 0. The molecule has 0 aliphatic rings. The number of benzene rings is 1. The molecule has 120 valence electrons. The van der Waals surface area contributed by atoms with Crippen LogP contribution in [0.1, 0.15) is 21.6 Å². The summed E-state index contributed by atoms with van der Waals surface area (Å²) < 4.78 is 0. The maximum absolute atomic E-state index is 12.3. The number of carbonyl (C=O) groups excluding carboxylic acids is 1. The van der Waals surface area contributed by atoms with Crippen LogP contribution in [0.15, 0.2) is 61.1 Å². The Kier molecular flexibility index (Phi) is 4.76. The van der Waals surface area contributed by atoms with E-state index in [-0.39, 0.29) is 5.91 Å². The first-order chi connectivity index (χ1) is 11.7. The van der Waals surface area contributed by atoms with Crippen LogP contribution in [0.25, 0.3) is 0 Å². The van der Waals surface area contributed by atoms with Gasteiger partial charge in [0.25, 0.3) is 5.91 Å². The van der Waals surface area contributed by atoms with Crippen LogP contribution in [0.3, 0.4) is 0 Å². The number of aryl methyl sites for hydroxylation is 1. The molecule has 0 saturated carbocycles. The quantitative estimate of drug-likeness (QED) is 0.755. The van der Waals surface area contributed by atoms with Gasteiger partial charge in [-0.1, -0.05) is 18.2 Å². The van der Waals surface area contributed by atoms with Gasteiger partial charge < -0.3 is 10.6 Å². The monoisotopic (exact) mass is 319 g/mol. The molecule has 1 aromatic carbocycles. The highest BCUT2D eigenvalue weighted by Gasteiger charge is 2.09. The van der Waals surface area contributed by atoms with Gasteiger partial charge in [0.15, 0.2) is 0 Å². The molecule has 0 spiro atoms. The van der Waals surface area contributed by atoms with Crippen molar-refractivity contribution in [2.24, 2.45) is 0 Å². The molecule has 0 atom stereocenters. The lowest BCUT2D eigenvalue weighted by Gasteiger charge is -2.08. The highest BCUT2D eigenvalue weighted by atomic mass is 16.1. The van der Waals surface area contributed by atoms with Crippen LogP contribution in [0.4, 0.5) is 11.6 Å². The minimum atomic E-state index is -0.271. The van der Waals surface area contributed by atoms with Crippen LogP contribution in [-0.4, -0.2) is 20.9 Å². The Hall–Kier alpha value is -3.28. The summed E-state index contributed by atoms with van der Waals surface area (Å²) in [5.74, 6) is 0.128. The van der Waals surface area contributed by atoms with Gasteiger partial charge in [-0.3, -0.25) is 9.78 Å². The van der Waals surface area contributed by atoms with Crippen molar-refractivity contribution in [2.45, 2.75) is 13.5 Å². The lowest BCUT2D eigenvalue weighted by Crippen LogP contribution is -2.15. The fraction of sp³-hybridized carbons (Fsp3) is 0.111. The molecule has 0 saturated heterocycles. The molecular weight excluding hydrogens is 302 g/mol. The third-order valence-electron chi connectivity index (χ3n) is 3.34. The van der Waals surface area contributed by atoms with Crippen LogP contribution >= 0.6 is 0 Å². The van der Waals surface area contributed by atoms with Crippen molar-refractivity contribution in [1.29, 1.82) is 0 Å². The summed E-state index contributed by atoms with van der Waals surface area (Å²) in [5.41, 5.74) is 3.13. The molecule has 3 rings (SSSR count). The number of anilines is 2. The summed E-state index contributed by atoms with van der Waals surface area (Å²) >= 11 is 0. The van der Waals surface area contributed by atoms with Crippen molar-refractivity contribution < 1.29 is 4.79 Å². The van der Waals surface area contributed by atoms with E-state index in [1.807, 2.05) is 43.3 Å². The Morgan fingerprint density at radius 1 is 1.12 bits per heavy atom. The summed E-state index contributed by atoms with van der Waals surface area (Å²) in [6, 6.07) is 13.0. The molecule has 2 N–H and O–H groups in total. The predicted octanol–water partition coefficient (Wildman–Crippen LogP) is 3.04. The normalized spacial score (nSPS) is 10.2. The molecule has 2 heterocycles. The Bertz CT molecular complexity index is 836. The van der Waals surface area contributed by atoms with E-state index in [2.05, 4.69) is 25.6 Å². The number of amides is 1. The number of aromatic nitrogens is 3. The largest absolute Gasteiger partial charge is 0.350 e. The van der Waals surface area contributed by atoms with Crippen LogP contribution in [0, 0.1) is 6.92 Å². The van der Waals surface area contributed by atoms with Crippen molar-refractivity contribution in [3.05, 3.63) is 77.9 Å². The molecule has 2 aromatic heterocycles. The average Bonchev–Trinajstić information content (AvgIpc) is 2.61. The van der Waals surface area contributed by atoms with Gasteiger partial charge in [-0.05, 0) is 42.3 Å². The Morgan fingerprint density at radius 3 is 2.83 bits per heavy atom. The van der Waals surface area contributed by atoms with E-state index in [4.69, 9.17) is 0 Å². The van der Waals surface area contributed by atoms with E-state index >= 15 is 0 Å². The number of pyridine rings is 1. The predicted molar refractivity (Wildman–Crippen MR) is 92.7 cm³/mol. The van der Waals surface area contributed by atoms with Crippen LogP contribution in [0.2, 0.25) is 0 Å². The zero-order valence-corrected chi connectivity index (χ0v) is 13.2. The second kappa shape index (κ2) is 7.32. The van der Waals surface area contributed by atoms with Gasteiger partial charge in [-0.25, -0.2) is 9.97 Å². The number of nitrogens with one attached hydrogen (secondary N) is 2. The molecule has 6 heteroatoms. The minimum Gasteiger partial charge on any atom is -0.350 e. The smallest absolute Gasteiger partial charge is 0.274 e. The first-order valence-corrected chi connectivity index (χ1v) is 7.54. The number of nitrogens with zero attached hydrogens (tertiary/aromatic N) is 3. The minimum absolute atomic E-state index is 0.271. The van der Waals surface area contributed by atoms with E-state index < -0.39 is 0 Å². The highest BCUT2D eigenvalue weighted by Crippen LogP contribution is 2.11. The van der Waals surface area contributed by atoms with Crippen molar-refractivity contribution in [2.75, 3.05) is 10.6 Å². The van der Waals surface area contributed by atoms with E-state index in [1.165, 1.54) is 0 Å². The molecular formula is C18H17N5O. The van der Waals surface area contributed by atoms with Gasteiger partial charge in [0.05, 0.1) is 0 Å². The number of hydrogen-bond donors (Lipinski definition) is 2. The topological polar surface area (TPSA) is 79.8 Å². The SMILES string of the molecule is Cc1cccc(NC(=O)c2ccnc(NCc3cccnc3)n2)c1. The van der Waals surface area contributed by atoms with Crippen molar-refractivity contribution in [3.8, 4) is 0 Å². The lowest BCUT2D eigenvalue weighted by molar-refractivity contribution is 0.102. The van der Waals surface area contributed by atoms with Gasteiger partial charge in [0, 0.05) is 30.8 Å². The second-order valence-corrected chi connectivity index (χ2v) is 5.30. The molecule has 0 bridgehead atoms. The fourth-order valence-electron chi connectivity index (χ4n) is 2.17. The average molecular weight is 319 g/mol. The molecule has 6 nitrogen and oxygen atoms in total. The third kappa shape index (κ3) is 4.13. The molecule has 0 radical (unpaired) electrons. The number of rotatable bonds is 5. The second-order valence-electron chi connectivity index (χ2n) is 5.30. The molecule has 0 aliphatic carbocycles. The van der Waals surface area contributed by atoms with Gasteiger partial charge in [-0.15, -0.1) is 0 Å². The first-order valence-electron chi connectivity index (χ1n) is 7.54. The maximum Gasteiger partial charge on any atom is 0.274 e. The van der Waals surface area contributed by atoms with Crippen LogP contribution < -0.4 is 10.6 Å². The maximum atomic E-state index is 12.3. The zero-order valence-electron chi connectivity index (χ0n) is 13.2. The Balaban J connectivity index is 1.67. The molecule has 0 fully saturated rings. The molecule has 1 amide bonds. The Morgan fingerprint density at radius 2 is 2.04 bits per heavy atom. The zero-order chi connectivity index (χ0) is 16.8. The summed E-state index contributed by atoms with van der Waals surface area (Å²) in [5, 5.41) is 5.92. The van der Waals surface area contributed by atoms with Gasteiger partial charge in [0.2, 0.25) is 5.95 Å². The van der Waals surface area contributed by atoms with Gasteiger partial charge >= 0.3 is 0 Å². The van der Waals surface area contributed by atoms with E-state index in [9.17, 15) is 4.79 Å². The lowest BCUT2D eigenvalue weighted by atomic mass is 10.2. The van der Waals surface area contributed by atoms with E-state index in [1.54, 1.807) is 24.7 Å². The first kappa shape index (κ1) is 15.6. The molecule has 3 aromatic rings. The molecule has 0 unspecified atom stereocenters. The molecule has 0 aliphatic heterocycles. The van der Waals surface area contributed by atoms with E-state index in [0.717, 1.165) is 16.8 Å². The van der Waals surface area contributed by atoms with Crippen LogP contribution in [-0.2, 0) is 6.54 Å². The van der Waals surface area contributed by atoms with Gasteiger partial charge in [-0.2, -0.15) is 0 Å². The third-order valence-corrected chi connectivity index (χ3v) is 3.34. The number of hydrogen-bond acceptors (Lipinski definition) is 5. The van der Waals surface area contributed by atoms with Gasteiger partial charge in [0.1, 0.15) is 5.69 Å². The fourth-order valence-corrected chi connectivity index (χ4v) is 2.17. The summed E-state index contributed by atoms with van der Waals surface area (Å²) in [4.78, 5) is 24.8. The molecule has 24 heavy (non-hydrogen) atoms.